The first-order valence-corrected chi connectivity index (χ1v) is 6.96. The number of carbonyl (C=O) groups excluding carboxylic acids is 2. The van der Waals surface area contributed by atoms with Gasteiger partial charge < -0.3 is 15.5 Å². The summed E-state index contributed by atoms with van der Waals surface area (Å²) in [5, 5.41) is 0.605. The summed E-state index contributed by atoms with van der Waals surface area (Å²) >= 11 is 5.80. The molecule has 0 radical (unpaired) electrons. The molecular formula is C14H19Cl2N3O2. The number of nitrogens with zero attached hydrogens (tertiary/aromatic N) is 2. The molecule has 1 aromatic carbocycles. The van der Waals surface area contributed by atoms with Gasteiger partial charge in [0.05, 0.1) is 6.04 Å². The zero-order chi connectivity index (χ0) is 14.7. The molecule has 1 atom stereocenters. The van der Waals surface area contributed by atoms with Crippen LogP contribution in [0.3, 0.4) is 0 Å². The Hall–Kier alpha value is -1.30. The van der Waals surface area contributed by atoms with Gasteiger partial charge in [-0.25, -0.2) is 0 Å². The van der Waals surface area contributed by atoms with E-state index >= 15 is 0 Å². The van der Waals surface area contributed by atoms with Crippen molar-refractivity contribution in [2.75, 3.05) is 26.2 Å². The second kappa shape index (κ2) is 7.64. The van der Waals surface area contributed by atoms with Gasteiger partial charge >= 0.3 is 0 Å². The van der Waals surface area contributed by atoms with Crippen LogP contribution in [0.15, 0.2) is 24.3 Å². The van der Waals surface area contributed by atoms with Crippen LogP contribution in [0.2, 0.25) is 5.02 Å². The zero-order valence-corrected chi connectivity index (χ0v) is 13.4. The molecule has 0 bridgehead atoms. The SMILES string of the molecule is C[C@@H](N)C(=O)N1CCN(C(=O)c2ccc(Cl)cc2)CC1.Cl. The number of rotatable bonds is 2. The minimum Gasteiger partial charge on any atom is -0.338 e. The Morgan fingerprint density at radius 1 is 1.10 bits per heavy atom. The minimum atomic E-state index is -0.492. The molecule has 0 aromatic heterocycles. The standard InChI is InChI=1S/C14H18ClN3O2.ClH/c1-10(16)13(19)17-6-8-18(9-7-17)14(20)11-2-4-12(15)5-3-11;/h2-5,10H,6-9,16H2,1H3;1H/t10-;/m1./s1. The molecule has 1 aliphatic heterocycles. The van der Waals surface area contributed by atoms with E-state index in [4.69, 9.17) is 17.3 Å². The van der Waals surface area contributed by atoms with Crippen molar-refractivity contribution in [2.24, 2.45) is 5.73 Å². The van der Waals surface area contributed by atoms with Crippen LogP contribution in [0.5, 0.6) is 0 Å². The van der Waals surface area contributed by atoms with Crippen molar-refractivity contribution >= 4 is 35.8 Å². The molecule has 2 amide bonds. The van der Waals surface area contributed by atoms with Gasteiger partial charge in [0.2, 0.25) is 5.91 Å². The summed E-state index contributed by atoms with van der Waals surface area (Å²) < 4.78 is 0. The van der Waals surface area contributed by atoms with Crippen molar-refractivity contribution in [3.8, 4) is 0 Å². The summed E-state index contributed by atoms with van der Waals surface area (Å²) in [5.41, 5.74) is 6.19. The molecule has 21 heavy (non-hydrogen) atoms. The van der Waals surface area contributed by atoms with Gasteiger partial charge in [0, 0.05) is 36.8 Å². The predicted octanol–water partition coefficient (Wildman–Crippen LogP) is 1.39. The molecule has 5 nitrogen and oxygen atoms in total. The lowest BCUT2D eigenvalue weighted by Gasteiger charge is -2.35. The first kappa shape index (κ1) is 17.8. The molecule has 1 fully saturated rings. The van der Waals surface area contributed by atoms with Gasteiger partial charge in [0.25, 0.3) is 5.91 Å². The van der Waals surface area contributed by atoms with E-state index in [0.29, 0.717) is 36.8 Å². The highest BCUT2D eigenvalue weighted by molar-refractivity contribution is 6.30. The number of halogens is 2. The summed E-state index contributed by atoms with van der Waals surface area (Å²) in [6.07, 6.45) is 0. The van der Waals surface area contributed by atoms with E-state index in [1.54, 1.807) is 41.0 Å². The second-order valence-corrected chi connectivity index (χ2v) is 5.35. The lowest BCUT2D eigenvalue weighted by Crippen LogP contribution is -2.53. The van der Waals surface area contributed by atoms with E-state index < -0.39 is 6.04 Å². The monoisotopic (exact) mass is 331 g/mol. The largest absolute Gasteiger partial charge is 0.338 e. The summed E-state index contributed by atoms with van der Waals surface area (Å²) in [7, 11) is 0. The van der Waals surface area contributed by atoms with E-state index in [2.05, 4.69) is 0 Å². The number of hydrogen-bond acceptors (Lipinski definition) is 3. The fourth-order valence-electron chi connectivity index (χ4n) is 2.19. The van der Waals surface area contributed by atoms with Crippen molar-refractivity contribution in [1.82, 2.24) is 9.80 Å². The molecule has 7 heteroatoms. The summed E-state index contributed by atoms with van der Waals surface area (Å²) in [5.74, 6) is -0.0989. The molecule has 0 unspecified atom stereocenters. The number of hydrogen-bond donors (Lipinski definition) is 1. The minimum absolute atomic E-state index is 0. The van der Waals surface area contributed by atoms with Crippen LogP contribution in [0.4, 0.5) is 0 Å². The summed E-state index contributed by atoms with van der Waals surface area (Å²) in [4.78, 5) is 27.5. The van der Waals surface area contributed by atoms with Crippen LogP contribution >= 0.6 is 24.0 Å². The summed E-state index contributed by atoms with van der Waals surface area (Å²) in [6.45, 7) is 3.78. The number of carbonyl (C=O) groups is 2. The normalized spacial score (nSPS) is 16.1. The molecule has 0 saturated carbocycles. The fraction of sp³-hybridized carbons (Fsp3) is 0.429. The molecule has 1 aromatic rings. The van der Waals surface area contributed by atoms with Gasteiger partial charge in [-0.3, -0.25) is 9.59 Å². The van der Waals surface area contributed by atoms with Gasteiger partial charge in [-0.05, 0) is 31.2 Å². The van der Waals surface area contributed by atoms with Crippen LogP contribution in [0.1, 0.15) is 17.3 Å². The zero-order valence-electron chi connectivity index (χ0n) is 11.8. The van der Waals surface area contributed by atoms with Gasteiger partial charge in [-0.2, -0.15) is 0 Å². The van der Waals surface area contributed by atoms with E-state index in [1.807, 2.05) is 0 Å². The highest BCUT2D eigenvalue weighted by atomic mass is 35.5. The van der Waals surface area contributed by atoms with E-state index in [9.17, 15) is 9.59 Å². The maximum absolute atomic E-state index is 12.3. The van der Waals surface area contributed by atoms with E-state index in [0.717, 1.165) is 0 Å². The first-order chi connectivity index (χ1) is 9.49. The van der Waals surface area contributed by atoms with Crippen LogP contribution in [-0.2, 0) is 4.79 Å². The van der Waals surface area contributed by atoms with Crippen molar-refractivity contribution in [2.45, 2.75) is 13.0 Å². The van der Waals surface area contributed by atoms with Crippen LogP contribution < -0.4 is 5.73 Å². The molecule has 1 heterocycles. The number of benzene rings is 1. The Kier molecular flexibility index (Phi) is 6.45. The highest BCUT2D eigenvalue weighted by Gasteiger charge is 2.25. The predicted molar refractivity (Wildman–Crippen MR) is 84.8 cm³/mol. The third kappa shape index (κ3) is 4.33. The number of nitrogens with two attached hydrogens (primary N) is 1. The maximum Gasteiger partial charge on any atom is 0.253 e. The Morgan fingerprint density at radius 2 is 1.57 bits per heavy atom. The Labute approximate surface area is 135 Å². The molecule has 2 rings (SSSR count). The summed E-state index contributed by atoms with van der Waals surface area (Å²) in [6, 6.07) is 6.33. The second-order valence-electron chi connectivity index (χ2n) is 4.91. The fourth-order valence-corrected chi connectivity index (χ4v) is 2.32. The molecule has 1 aliphatic rings. The van der Waals surface area contributed by atoms with E-state index in [1.165, 1.54) is 0 Å². The van der Waals surface area contributed by atoms with Gasteiger partial charge in [0.15, 0.2) is 0 Å². The Bertz CT molecular complexity index is 497. The molecule has 1 saturated heterocycles. The van der Waals surface area contributed by atoms with Crippen molar-refractivity contribution in [3.05, 3.63) is 34.9 Å². The average Bonchev–Trinajstić information content (AvgIpc) is 2.46. The third-order valence-electron chi connectivity index (χ3n) is 3.36. The third-order valence-corrected chi connectivity index (χ3v) is 3.61. The molecule has 0 spiro atoms. The van der Waals surface area contributed by atoms with Gasteiger partial charge in [0.1, 0.15) is 0 Å². The molecule has 0 aliphatic carbocycles. The molecule has 2 N–H and O–H groups in total. The number of amides is 2. The highest BCUT2D eigenvalue weighted by Crippen LogP contribution is 2.13. The first-order valence-electron chi connectivity index (χ1n) is 6.58. The van der Waals surface area contributed by atoms with Crippen molar-refractivity contribution in [1.29, 1.82) is 0 Å². The quantitative estimate of drug-likeness (QED) is 0.890. The molecule has 116 valence electrons. The average molecular weight is 332 g/mol. The van der Waals surface area contributed by atoms with Crippen LogP contribution in [0.25, 0.3) is 0 Å². The Balaban J connectivity index is 0.00000220. The van der Waals surface area contributed by atoms with Crippen molar-refractivity contribution in [3.63, 3.8) is 0 Å². The van der Waals surface area contributed by atoms with E-state index in [-0.39, 0.29) is 24.2 Å². The topological polar surface area (TPSA) is 66.6 Å². The lowest BCUT2D eigenvalue weighted by atomic mass is 10.1. The Morgan fingerprint density at radius 3 is 2.05 bits per heavy atom. The van der Waals surface area contributed by atoms with Crippen LogP contribution in [-0.4, -0.2) is 53.8 Å². The van der Waals surface area contributed by atoms with Crippen LogP contribution in [0, 0.1) is 0 Å². The lowest BCUT2D eigenvalue weighted by molar-refractivity contribution is -0.133. The molecular weight excluding hydrogens is 313 g/mol. The van der Waals surface area contributed by atoms with Crippen molar-refractivity contribution < 1.29 is 9.59 Å². The van der Waals surface area contributed by atoms with Gasteiger partial charge in [-0.1, -0.05) is 11.6 Å². The smallest absolute Gasteiger partial charge is 0.253 e. The number of piperazine rings is 1. The maximum atomic E-state index is 12.3. The van der Waals surface area contributed by atoms with Gasteiger partial charge in [-0.15, -0.1) is 12.4 Å².